The van der Waals surface area contributed by atoms with Gasteiger partial charge in [-0.05, 0) is 42.5 Å². The van der Waals surface area contributed by atoms with Gasteiger partial charge in [0.1, 0.15) is 0 Å². The van der Waals surface area contributed by atoms with E-state index in [4.69, 9.17) is 17.3 Å². The van der Waals surface area contributed by atoms with E-state index in [1.165, 1.54) is 0 Å². The van der Waals surface area contributed by atoms with Crippen LogP contribution < -0.4 is 11.1 Å². The van der Waals surface area contributed by atoms with E-state index < -0.39 is 5.91 Å². The summed E-state index contributed by atoms with van der Waals surface area (Å²) in [6, 6.07) is 22.9. The highest BCUT2D eigenvalue weighted by Gasteiger charge is 2.15. The number of fused-ring (bicyclic) bond motifs is 1. The number of halogens is 1. The molecule has 2 amide bonds. The van der Waals surface area contributed by atoms with Crippen LogP contribution in [0.2, 0.25) is 5.02 Å². The first-order chi connectivity index (χ1) is 14.0. The third-order valence-electron chi connectivity index (χ3n) is 4.54. The molecule has 3 N–H and O–H groups in total. The number of hydrogen-bond acceptors (Lipinski definition) is 3. The number of carbonyl (C=O) groups is 2. The summed E-state index contributed by atoms with van der Waals surface area (Å²) in [5.74, 6) is -0.809. The van der Waals surface area contributed by atoms with Crippen molar-refractivity contribution in [1.82, 2.24) is 4.98 Å². The third-order valence-corrected chi connectivity index (χ3v) is 4.87. The van der Waals surface area contributed by atoms with Gasteiger partial charge in [0.25, 0.3) is 5.91 Å². The summed E-state index contributed by atoms with van der Waals surface area (Å²) >= 11 is 6.33. The Balaban J connectivity index is 1.76. The molecule has 0 atom stereocenters. The molecule has 5 nitrogen and oxygen atoms in total. The monoisotopic (exact) mass is 401 g/mol. The van der Waals surface area contributed by atoms with Gasteiger partial charge in [0.15, 0.2) is 0 Å². The van der Waals surface area contributed by atoms with Crippen molar-refractivity contribution in [3.63, 3.8) is 0 Å². The van der Waals surface area contributed by atoms with E-state index in [-0.39, 0.29) is 5.91 Å². The average Bonchev–Trinajstić information content (AvgIpc) is 2.73. The van der Waals surface area contributed by atoms with Crippen LogP contribution >= 0.6 is 11.6 Å². The number of pyridine rings is 1. The number of anilines is 1. The molecule has 0 spiro atoms. The Morgan fingerprint density at radius 3 is 2.31 bits per heavy atom. The summed E-state index contributed by atoms with van der Waals surface area (Å²) in [6.07, 6.45) is 0. The van der Waals surface area contributed by atoms with Crippen molar-refractivity contribution in [1.29, 1.82) is 0 Å². The van der Waals surface area contributed by atoms with E-state index in [0.29, 0.717) is 33.0 Å². The maximum atomic E-state index is 13.1. The molecule has 1 heterocycles. The fraction of sp³-hybridized carbons (Fsp3) is 0. The number of hydrogen-bond donors (Lipinski definition) is 2. The predicted octanol–water partition coefficient (Wildman–Crippen LogP) is 4.91. The summed E-state index contributed by atoms with van der Waals surface area (Å²) in [6.45, 7) is 0. The van der Waals surface area contributed by atoms with Crippen molar-refractivity contribution in [2.45, 2.75) is 0 Å². The highest BCUT2D eigenvalue weighted by Crippen LogP contribution is 2.30. The second-order valence-corrected chi connectivity index (χ2v) is 6.85. The van der Waals surface area contributed by atoms with Crippen LogP contribution in [0.5, 0.6) is 0 Å². The fourth-order valence-electron chi connectivity index (χ4n) is 3.09. The number of rotatable bonds is 4. The number of nitrogens with zero attached hydrogens (tertiary/aromatic N) is 1. The van der Waals surface area contributed by atoms with Gasteiger partial charge in [0.2, 0.25) is 5.91 Å². The molecule has 0 bridgehead atoms. The third kappa shape index (κ3) is 3.81. The molecule has 0 fully saturated rings. The van der Waals surface area contributed by atoms with Gasteiger partial charge in [-0.15, -0.1) is 0 Å². The molecular formula is C23H16ClN3O2. The van der Waals surface area contributed by atoms with E-state index in [2.05, 4.69) is 10.3 Å². The Morgan fingerprint density at radius 1 is 0.897 bits per heavy atom. The van der Waals surface area contributed by atoms with Crippen LogP contribution in [-0.4, -0.2) is 16.8 Å². The zero-order chi connectivity index (χ0) is 20.4. The smallest absolute Gasteiger partial charge is 0.256 e. The molecule has 0 saturated heterocycles. The Bertz CT molecular complexity index is 1240. The van der Waals surface area contributed by atoms with Crippen LogP contribution in [0.4, 0.5) is 5.69 Å². The van der Waals surface area contributed by atoms with E-state index in [0.717, 1.165) is 10.9 Å². The number of amides is 2. The summed E-state index contributed by atoms with van der Waals surface area (Å²) in [5.41, 5.74) is 8.72. The largest absolute Gasteiger partial charge is 0.366 e. The van der Waals surface area contributed by atoms with Crippen LogP contribution in [0.3, 0.4) is 0 Å². The van der Waals surface area contributed by atoms with Gasteiger partial charge in [0.05, 0.1) is 16.8 Å². The van der Waals surface area contributed by atoms with Gasteiger partial charge < -0.3 is 11.1 Å². The van der Waals surface area contributed by atoms with E-state index in [1.807, 2.05) is 42.5 Å². The lowest BCUT2D eigenvalue weighted by molar-refractivity contribution is 0.0998. The summed E-state index contributed by atoms with van der Waals surface area (Å²) in [7, 11) is 0. The second kappa shape index (κ2) is 7.73. The number of primary amides is 1. The average molecular weight is 402 g/mol. The molecule has 0 aliphatic rings. The minimum Gasteiger partial charge on any atom is -0.366 e. The van der Waals surface area contributed by atoms with Gasteiger partial charge in [0, 0.05) is 27.2 Å². The first-order valence-electron chi connectivity index (χ1n) is 8.89. The molecule has 6 heteroatoms. The molecule has 1 aromatic heterocycles. The fourth-order valence-corrected chi connectivity index (χ4v) is 3.32. The van der Waals surface area contributed by atoms with Gasteiger partial charge in [-0.25, -0.2) is 4.98 Å². The van der Waals surface area contributed by atoms with Crippen molar-refractivity contribution in [2.24, 2.45) is 5.73 Å². The minimum atomic E-state index is -0.521. The molecule has 29 heavy (non-hydrogen) atoms. The first kappa shape index (κ1) is 18.7. The number of carbonyl (C=O) groups excluding carboxylic acids is 2. The molecule has 0 aliphatic carbocycles. The molecule has 0 radical (unpaired) electrons. The quantitative estimate of drug-likeness (QED) is 0.509. The van der Waals surface area contributed by atoms with Crippen LogP contribution in [0.15, 0.2) is 78.9 Å². The van der Waals surface area contributed by atoms with Crippen LogP contribution in [0.1, 0.15) is 20.7 Å². The number of aromatic nitrogens is 1. The molecule has 0 unspecified atom stereocenters. The summed E-state index contributed by atoms with van der Waals surface area (Å²) in [5, 5.41) is 4.15. The number of nitrogens with one attached hydrogen (secondary N) is 1. The van der Waals surface area contributed by atoms with Gasteiger partial charge in [-0.1, -0.05) is 48.0 Å². The predicted molar refractivity (Wildman–Crippen MR) is 115 cm³/mol. The van der Waals surface area contributed by atoms with Crippen molar-refractivity contribution in [3.05, 3.63) is 95.0 Å². The van der Waals surface area contributed by atoms with Crippen molar-refractivity contribution >= 4 is 40.0 Å². The highest BCUT2D eigenvalue weighted by molar-refractivity contribution is 6.33. The van der Waals surface area contributed by atoms with E-state index in [9.17, 15) is 9.59 Å². The number of benzene rings is 3. The molecule has 0 aliphatic heterocycles. The summed E-state index contributed by atoms with van der Waals surface area (Å²) < 4.78 is 0. The molecule has 142 valence electrons. The number of nitrogens with two attached hydrogens (primary N) is 1. The van der Waals surface area contributed by atoms with Crippen molar-refractivity contribution in [2.75, 3.05) is 5.32 Å². The van der Waals surface area contributed by atoms with Gasteiger partial charge in [-0.3, -0.25) is 9.59 Å². The highest BCUT2D eigenvalue weighted by atomic mass is 35.5. The van der Waals surface area contributed by atoms with Crippen LogP contribution in [0.25, 0.3) is 22.2 Å². The van der Waals surface area contributed by atoms with Crippen molar-refractivity contribution in [3.8, 4) is 11.3 Å². The van der Waals surface area contributed by atoms with Gasteiger partial charge >= 0.3 is 0 Å². The zero-order valence-corrected chi connectivity index (χ0v) is 16.0. The normalized spacial score (nSPS) is 10.7. The van der Waals surface area contributed by atoms with E-state index in [1.54, 1.807) is 36.4 Å². The zero-order valence-electron chi connectivity index (χ0n) is 15.2. The standard InChI is InChI=1S/C23H16ClN3O2/c24-19-7-3-1-6-17(19)21-13-18(16-5-2-4-8-20(16)27-21)23(29)26-15-11-9-14(10-12-15)22(25)28/h1-13H,(H2,25,28)(H,26,29). The number of para-hydroxylation sites is 1. The Morgan fingerprint density at radius 2 is 1.59 bits per heavy atom. The Kier molecular flexibility index (Phi) is 4.97. The lowest BCUT2D eigenvalue weighted by Crippen LogP contribution is -2.14. The molecular weight excluding hydrogens is 386 g/mol. The topological polar surface area (TPSA) is 85.1 Å². The first-order valence-corrected chi connectivity index (χ1v) is 9.26. The van der Waals surface area contributed by atoms with E-state index >= 15 is 0 Å². The minimum absolute atomic E-state index is 0.288. The van der Waals surface area contributed by atoms with Gasteiger partial charge in [-0.2, -0.15) is 0 Å². The molecule has 0 saturated carbocycles. The maximum absolute atomic E-state index is 13.1. The SMILES string of the molecule is NC(=O)c1ccc(NC(=O)c2cc(-c3ccccc3Cl)nc3ccccc23)cc1. The van der Waals surface area contributed by atoms with Crippen LogP contribution in [-0.2, 0) is 0 Å². The lowest BCUT2D eigenvalue weighted by Gasteiger charge is -2.11. The maximum Gasteiger partial charge on any atom is 0.256 e. The molecule has 4 aromatic rings. The molecule has 3 aromatic carbocycles. The van der Waals surface area contributed by atoms with Crippen molar-refractivity contribution < 1.29 is 9.59 Å². The Labute approximate surface area is 172 Å². The Hall–Kier alpha value is -3.70. The second-order valence-electron chi connectivity index (χ2n) is 6.45. The summed E-state index contributed by atoms with van der Waals surface area (Å²) in [4.78, 5) is 28.9. The lowest BCUT2D eigenvalue weighted by atomic mass is 10.0. The molecule has 4 rings (SSSR count). The van der Waals surface area contributed by atoms with Crippen LogP contribution in [0, 0.1) is 0 Å².